The van der Waals surface area contributed by atoms with Crippen LogP contribution in [0.15, 0.2) is 48.0 Å². The fourth-order valence-electron chi connectivity index (χ4n) is 3.81. The van der Waals surface area contributed by atoms with Gasteiger partial charge in [0.25, 0.3) is 5.91 Å². The van der Waals surface area contributed by atoms with E-state index in [-0.39, 0.29) is 11.8 Å². The molecule has 2 aromatic carbocycles. The topological polar surface area (TPSA) is 124 Å². The van der Waals surface area contributed by atoms with Crippen molar-refractivity contribution in [3.63, 3.8) is 0 Å². The second-order valence-corrected chi connectivity index (χ2v) is 8.42. The Balaban J connectivity index is 1.61. The molecular weight excluding hydrogens is 478 g/mol. The van der Waals surface area contributed by atoms with Crippen LogP contribution in [0.25, 0.3) is 23.5 Å². The van der Waals surface area contributed by atoms with Crippen molar-refractivity contribution < 1.29 is 14.3 Å². The number of aromatic amines is 1. The Morgan fingerprint density at radius 1 is 1.22 bits per heavy atom. The Bertz CT molecular complexity index is 1490. The molecule has 9 heteroatoms. The molecule has 0 aliphatic heterocycles. The molecule has 4 N–H and O–H groups in total. The summed E-state index contributed by atoms with van der Waals surface area (Å²) in [5.74, 6) is 0.902. The van der Waals surface area contributed by atoms with E-state index in [1.807, 2.05) is 38.1 Å². The zero-order valence-electron chi connectivity index (χ0n) is 19.9. The number of halogens is 1. The molecule has 1 aliphatic rings. The third-order valence-electron chi connectivity index (χ3n) is 5.62. The van der Waals surface area contributed by atoms with Crippen molar-refractivity contribution >= 4 is 47.6 Å². The van der Waals surface area contributed by atoms with Gasteiger partial charge in [-0.05, 0) is 67.8 Å². The van der Waals surface area contributed by atoms with Crippen molar-refractivity contribution in [1.29, 1.82) is 10.8 Å². The molecule has 0 spiro atoms. The number of hydrogen-bond acceptors (Lipinski definition) is 6. The van der Waals surface area contributed by atoms with Crippen LogP contribution >= 0.6 is 11.6 Å². The fraction of sp³-hybridized carbons (Fsp3) is 0.185. The van der Waals surface area contributed by atoms with E-state index in [1.54, 1.807) is 30.3 Å². The highest BCUT2D eigenvalue weighted by atomic mass is 35.5. The summed E-state index contributed by atoms with van der Waals surface area (Å²) in [6, 6.07) is 10.8. The first-order valence-corrected chi connectivity index (χ1v) is 11.9. The molecule has 1 heterocycles. The van der Waals surface area contributed by atoms with Crippen LogP contribution < -0.4 is 20.8 Å². The Kier molecular flexibility index (Phi) is 7.65. The number of rotatable bonds is 8. The van der Waals surface area contributed by atoms with Gasteiger partial charge in [-0.1, -0.05) is 30.7 Å². The third kappa shape index (κ3) is 5.55. The lowest BCUT2D eigenvalue weighted by Crippen LogP contribution is -2.23. The molecule has 0 radical (unpaired) electrons. The minimum Gasteiger partial charge on any atom is -0.494 e. The molecule has 4 rings (SSSR count). The molecule has 0 saturated heterocycles. The van der Waals surface area contributed by atoms with Gasteiger partial charge in [-0.15, -0.1) is 0 Å². The average Bonchev–Trinajstić information content (AvgIpc) is 3.17. The fourth-order valence-corrected chi connectivity index (χ4v) is 4.01. The molecule has 36 heavy (non-hydrogen) atoms. The highest BCUT2D eigenvalue weighted by Crippen LogP contribution is 2.28. The van der Waals surface area contributed by atoms with E-state index >= 15 is 0 Å². The summed E-state index contributed by atoms with van der Waals surface area (Å²) >= 11 is 6.49. The van der Waals surface area contributed by atoms with E-state index in [4.69, 9.17) is 31.9 Å². The van der Waals surface area contributed by atoms with Crippen molar-refractivity contribution in [2.75, 3.05) is 11.9 Å². The summed E-state index contributed by atoms with van der Waals surface area (Å²) in [4.78, 5) is 20.9. The van der Waals surface area contributed by atoms with Crippen LogP contribution in [0.3, 0.4) is 0 Å². The van der Waals surface area contributed by atoms with E-state index in [0.29, 0.717) is 57.4 Å². The molecule has 3 aromatic rings. The first kappa shape index (κ1) is 24.9. The molecular formula is C27H26ClN5O3. The second kappa shape index (κ2) is 11.0. The number of carbonyl (C=O) groups is 1. The van der Waals surface area contributed by atoms with Crippen LogP contribution in [0.1, 0.15) is 36.2 Å². The van der Waals surface area contributed by atoms with E-state index < -0.39 is 0 Å². The first-order valence-electron chi connectivity index (χ1n) is 11.5. The standard InChI is InChI=1S/C27H26ClN5O3/c1-3-16-11-18(13-20(12-16)35-4-2)27(34)31-19-7-8-22(28)21(14-19)26-32-23-9-5-17(25(30)36-15-29)6-10-24(23)33-26/h5,7-15,29-30H,3-4,6H2,1-2H3,(H,31,34)(H,32,33). The Labute approximate surface area is 213 Å². The van der Waals surface area contributed by atoms with Crippen LogP contribution in [0, 0.1) is 10.8 Å². The lowest BCUT2D eigenvalue weighted by molar-refractivity contribution is 0.102. The van der Waals surface area contributed by atoms with Crippen LogP contribution in [0.2, 0.25) is 5.02 Å². The van der Waals surface area contributed by atoms with Gasteiger partial charge in [0.15, 0.2) is 6.40 Å². The summed E-state index contributed by atoms with van der Waals surface area (Å²) < 4.78 is 10.5. The first-order chi connectivity index (χ1) is 17.4. The van der Waals surface area contributed by atoms with Crippen molar-refractivity contribution in [1.82, 2.24) is 9.97 Å². The van der Waals surface area contributed by atoms with Crippen molar-refractivity contribution in [2.45, 2.75) is 26.7 Å². The number of aromatic nitrogens is 2. The number of nitrogens with zero attached hydrogens (tertiary/aromatic N) is 1. The molecule has 0 fully saturated rings. The van der Waals surface area contributed by atoms with Gasteiger partial charge in [0.2, 0.25) is 5.90 Å². The Morgan fingerprint density at radius 3 is 2.81 bits per heavy atom. The lowest BCUT2D eigenvalue weighted by Gasteiger charge is -2.11. The highest BCUT2D eigenvalue weighted by molar-refractivity contribution is 6.33. The van der Waals surface area contributed by atoms with Crippen LogP contribution in [-0.4, -0.2) is 34.8 Å². The smallest absolute Gasteiger partial charge is 0.255 e. The monoisotopic (exact) mass is 503 g/mol. The SMILES string of the molecule is CCOc1cc(CC)cc(C(=O)Nc2ccc(Cl)c(-c3nc4c([nH]3)=CC=C(C(=N)OC=N)CC=4)c2)c1. The molecule has 1 aromatic heterocycles. The molecule has 1 aliphatic carbocycles. The largest absolute Gasteiger partial charge is 0.494 e. The maximum atomic E-state index is 13.0. The average molecular weight is 504 g/mol. The number of allylic oxidation sites excluding steroid dienone is 1. The van der Waals surface area contributed by atoms with Gasteiger partial charge in [0.05, 0.1) is 22.3 Å². The number of imidazole rings is 1. The van der Waals surface area contributed by atoms with Crippen LogP contribution in [0.4, 0.5) is 5.69 Å². The minimum absolute atomic E-state index is 0.0767. The molecule has 0 unspecified atom stereocenters. The Hall–Kier alpha value is -4.17. The van der Waals surface area contributed by atoms with E-state index in [0.717, 1.165) is 23.7 Å². The van der Waals surface area contributed by atoms with Crippen molar-refractivity contribution in [3.05, 3.63) is 74.9 Å². The molecule has 0 bridgehead atoms. The van der Waals surface area contributed by atoms with E-state index in [2.05, 4.69) is 15.3 Å². The summed E-state index contributed by atoms with van der Waals surface area (Å²) in [5.41, 5.74) is 3.39. The summed E-state index contributed by atoms with van der Waals surface area (Å²) in [6.07, 6.45) is 7.40. The predicted octanol–water partition coefficient (Wildman–Crippen LogP) is 4.44. The summed E-state index contributed by atoms with van der Waals surface area (Å²) in [6.45, 7) is 4.46. The predicted molar refractivity (Wildman–Crippen MR) is 142 cm³/mol. The van der Waals surface area contributed by atoms with Gasteiger partial charge in [0, 0.05) is 22.4 Å². The zero-order chi connectivity index (χ0) is 25.7. The van der Waals surface area contributed by atoms with Gasteiger partial charge in [-0.2, -0.15) is 0 Å². The second-order valence-electron chi connectivity index (χ2n) is 8.02. The normalized spacial score (nSPS) is 12.2. The maximum Gasteiger partial charge on any atom is 0.255 e. The molecule has 0 saturated carbocycles. The number of fused-ring (bicyclic) bond motifs is 1. The van der Waals surface area contributed by atoms with Gasteiger partial charge in [-0.25, -0.2) is 4.98 Å². The quantitative estimate of drug-likeness (QED) is 0.268. The third-order valence-corrected chi connectivity index (χ3v) is 5.95. The number of ether oxygens (including phenoxy) is 2. The molecule has 184 valence electrons. The number of anilines is 1. The molecule has 0 atom stereocenters. The number of hydrogen-bond donors (Lipinski definition) is 4. The number of amides is 1. The number of aryl methyl sites for hydroxylation is 1. The minimum atomic E-state index is -0.247. The van der Waals surface area contributed by atoms with Crippen LogP contribution in [0.5, 0.6) is 5.75 Å². The Morgan fingerprint density at radius 2 is 2.06 bits per heavy atom. The number of H-pyrrole nitrogens is 1. The highest BCUT2D eigenvalue weighted by Gasteiger charge is 2.14. The molecule has 8 nitrogen and oxygen atoms in total. The lowest BCUT2D eigenvalue weighted by atomic mass is 10.1. The van der Waals surface area contributed by atoms with E-state index in [9.17, 15) is 4.79 Å². The molecule has 1 amide bonds. The van der Waals surface area contributed by atoms with Gasteiger partial charge in [0.1, 0.15) is 11.6 Å². The van der Waals surface area contributed by atoms with Gasteiger partial charge in [-0.3, -0.25) is 15.6 Å². The summed E-state index contributed by atoms with van der Waals surface area (Å²) in [5, 5.41) is 19.8. The number of nitrogens with one attached hydrogen (secondary N) is 4. The zero-order valence-corrected chi connectivity index (χ0v) is 20.7. The van der Waals surface area contributed by atoms with Crippen molar-refractivity contribution in [2.24, 2.45) is 0 Å². The van der Waals surface area contributed by atoms with Gasteiger partial charge >= 0.3 is 0 Å². The van der Waals surface area contributed by atoms with Crippen LogP contribution in [-0.2, 0) is 11.2 Å². The summed E-state index contributed by atoms with van der Waals surface area (Å²) in [7, 11) is 0. The van der Waals surface area contributed by atoms with Crippen molar-refractivity contribution in [3.8, 4) is 17.1 Å². The maximum absolute atomic E-state index is 13.0. The van der Waals surface area contributed by atoms with E-state index in [1.165, 1.54) is 0 Å². The van der Waals surface area contributed by atoms with Gasteiger partial charge < -0.3 is 19.8 Å². The number of carbonyl (C=O) groups excluding carboxylic acids is 1. The number of benzene rings is 2.